The molecule has 1 aromatic heterocycles. The van der Waals surface area contributed by atoms with E-state index in [2.05, 4.69) is 25.9 Å². The van der Waals surface area contributed by atoms with Crippen molar-refractivity contribution in [3.05, 3.63) is 51.3 Å². The molecular formula is C20H27BrN4O3S. The van der Waals surface area contributed by atoms with Gasteiger partial charge in [-0.3, -0.25) is 14.4 Å². The summed E-state index contributed by atoms with van der Waals surface area (Å²) in [6, 6.07) is 7.68. The molecule has 1 aromatic carbocycles. The first-order valence-electron chi connectivity index (χ1n) is 9.62. The molecule has 7 nitrogen and oxygen atoms in total. The number of aryl methyl sites for hydroxylation is 1. The summed E-state index contributed by atoms with van der Waals surface area (Å²) in [6.07, 6.45) is 1.25. The standard InChI is InChI=1S/C20H27BrN4O3S/c1-15-19(21)16(2)25(22-15)14-17-4-6-18(7-5-17)20(26)24-10-8-23(9-11-24)12-13-29(3,27)28/h4-7H,8-14H2,1-3H3. The first-order valence-corrected chi connectivity index (χ1v) is 12.5. The summed E-state index contributed by atoms with van der Waals surface area (Å²) in [4.78, 5) is 16.7. The van der Waals surface area contributed by atoms with E-state index in [1.165, 1.54) is 6.26 Å². The number of hydrogen-bond donors (Lipinski definition) is 0. The smallest absolute Gasteiger partial charge is 0.253 e. The lowest BCUT2D eigenvalue weighted by molar-refractivity contribution is 0.0644. The van der Waals surface area contributed by atoms with E-state index < -0.39 is 9.84 Å². The first-order chi connectivity index (χ1) is 13.6. The van der Waals surface area contributed by atoms with E-state index in [0.717, 1.165) is 21.4 Å². The third-order valence-electron chi connectivity index (χ3n) is 5.26. The summed E-state index contributed by atoms with van der Waals surface area (Å²) in [7, 11) is -2.96. The van der Waals surface area contributed by atoms with Crippen molar-refractivity contribution in [2.45, 2.75) is 20.4 Å². The number of aromatic nitrogens is 2. The number of rotatable bonds is 6. The van der Waals surface area contributed by atoms with Crippen molar-refractivity contribution >= 4 is 31.7 Å². The Morgan fingerprint density at radius 3 is 2.24 bits per heavy atom. The van der Waals surface area contributed by atoms with E-state index in [-0.39, 0.29) is 11.7 Å². The van der Waals surface area contributed by atoms with E-state index in [0.29, 0.717) is 44.8 Å². The van der Waals surface area contributed by atoms with E-state index in [9.17, 15) is 13.2 Å². The van der Waals surface area contributed by atoms with Gasteiger partial charge in [-0.05, 0) is 47.5 Å². The van der Waals surface area contributed by atoms with Crippen LogP contribution in [0.5, 0.6) is 0 Å². The van der Waals surface area contributed by atoms with Crippen LogP contribution in [0, 0.1) is 13.8 Å². The predicted molar refractivity (Wildman–Crippen MR) is 117 cm³/mol. The molecule has 1 aliphatic rings. The highest BCUT2D eigenvalue weighted by atomic mass is 79.9. The van der Waals surface area contributed by atoms with Crippen LogP contribution in [-0.4, -0.2) is 78.6 Å². The second kappa shape index (κ2) is 8.97. The minimum atomic E-state index is -2.96. The minimum absolute atomic E-state index is 0.0215. The molecule has 1 amide bonds. The highest BCUT2D eigenvalue weighted by Gasteiger charge is 2.22. The molecular weight excluding hydrogens is 456 g/mol. The van der Waals surface area contributed by atoms with Crippen LogP contribution in [0.2, 0.25) is 0 Å². The fourth-order valence-corrected chi connectivity index (χ4v) is 4.28. The van der Waals surface area contributed by atoms with Crippen molar-refractivity contribution in [1.82, 2.24) is 19.6 Å². The molecule has 0 saturated carbocycles. The van der Waals surface area contributed by atoms with Crippen LogP contribution in [0.3, 0.4) is 0 Å². The zero-order chi connectivity index (χ0) is 21.2. The number of carbonyl (C=O) groups is 1. The van der Waals surface area contributed by atoms with Gasteiger partial charge in [-0.1, -0.05) is 12.1 Å². The Morgan fingerprint density at radius 2 is 1.72 bits per heavy atom. The molecule has 0 aliphatic carbocycles. The van der Waals surface area contributed by atoms with Crippen molar-refractivity contribution in [2.24, 2.45) is 0 Å². The van der Waals surface area contributed by atoms with Crippen LogP contribution >= 0.6 is 15.9 Å². The van der Waals surface area contributed by atoms with Crippen LogP contribution in [0.1, 0.15) is 27.3 Å². The monoisotopic (exact) mass is 482 g/mol. The summed E-state index contributed by atoms with van der Waals surface area (Å²) in [5.41, 5.74) is 3.81. The van der Waals surface area contributed by atoms with Gasteiger partial charge < -0.3 is 4.90 Å². The molecule has 29 heavy (non-hydrogen) atoms. The van der Waals surface area contributed by atoms with Crippen LogP contribution < -0.4 is 0 Å². The molecule has 3 rings (SSSR count). The Hall–Kier alpha value is -1.71. The maximum atomic E-state index is 12.8. The van der Waals surface area contributed by atoms with Gasteiger partial charge in [0.2, 0.25) is 0 Å². The summed E-state index contributed by atoms with van der Waals surface area (Å²) in [5, 5.41) is 4.53. The average molecular weight is 483 g/mol. The fourth-order valence-electron chi connectivity index (χ4n) is 3.41. The Bertz CT molecular complexity index is 978. The van der Waals surface area contributed by atoms with Gasteiger partial charge >= 0.3 is 0 Å². The number of halogens is 1. The molecule has 9 heteroatoms. The van der Waals surface area contributed by atoms with Gasteiger partial charge in [0.1, 0.15) is 9.84 Å². The molecule has 1 saturated heterocycles. The lowest BCUT2D eigenvalue weighted by Crippen LogP contribution is -2.49. The van der Waals surface area contributed by atoms with Crippen LogP contribution in [-0.2, 0) is 16.4 Å². The zero-order valence-electron chi connectivity index (χ0n) is 17.1. The normalized spacial score (nSPS) is 15.7. The SMILES string of the molecule is Cc1nn(Cc2ccc(C(=O)N3CCN(CCS(C)(=O)=O)CC3)cc2)c(C)c1Br. The van der Waals surface area contributed by atoms with Crippen molar-refractivity contribution in [1.29, 1.82) is 0 Å². The molecule has 2 aromatic rings. The van der Waals surface area contributed by atoms with Gasteiger partial charge in [-0.2, -0.15) is 5.10 Å². The minimum Gasteiger partial charge on any atom is -0.336 e. The molecule has 0 N–H and O–H groups in total. The Balaban J connectivity index is 1.56. The maximum Gasteiger partial charge on any atom is 0.253 e. The van der Waals surface area contributed by atoms with Crippen molar-refractivity contribution < 1.29 is 13.2 Å². The van der Waals surface area contributed by atoms with Crippen molar-refractivity contribution in [2.75, 3.05) is 44.7 Å². The van der Waals surface area contributed by atoms with Gasteiger partial charge in [0.25, 0.3) is 5.91 Å². The van der Waals surface area contributed by atoms with E-state index in [1.54, 1.807) is 0 Å². The lowest BCUT2D eigenvalue weighted by Gasteiger charge is -2.34. The third-order valence-corrected chi connectivity index (χ3v) is 7.34. The topological polar surface area (TPSA) is 75.5 Å². The maximum absolute atomic E-state index is 12.8. The molecule has 0 bridgehead atoms. The molecule has 2 heterocycles. The largest absolute Gasteiger partial charge is 0.336 e. The molecule has 0 spiro atoms. The fraction of sp³-hybridized carbons (Fsp3) is 0.500. The molecule has 1 aliphatic heterocycles. The lowest BCUT2D eigenvalue weighted by atomic mass is 10.1. The highest BCUT2D eigenvalue weighted by Crippen LogP contribution is 2.21. The number of benzene rings is 1. The van der Waals surface area contributed by atoms with E-state index >= 15 is 0 Å². The number of piperazine rings is 1. The third kappa shape index (κ3) is 5.67. The summed E-state index contributed by atoms with van der Waals surface area (Å²) in [5.74, 6) is 0.182. The van der Waals surface area contributed by atoms with Crippen LogP contribution in [0.15, 0.2) is 28.7 Å². The molecule has 0 unspecified atom stereocenters. The predicted octanol–water partition coefficient (Wildman–Crippen LogP) is 2.11. The van der Waals surface area contributed by atoms with Gasteiger partial charge in [0, 0.05) is 44.5 Å². The number of carbonyl (C=O) groups excluding carboxylic acids is 1. The van der Waals surface area contributed by atoms with Crippen LogP contribution in [0.25, 0.3) is 0 Å². The number of amides is 1. The number of hydrogen-bond acceptors (Lipinski definition) is 5. The first kappa shape index (κ1) is 22.0. The average Bonchev–Trinajstić information content (AvgIpc) is 2.93. The molecule has 1 fully saturated rings. The van der Waals surface area contributed by atoms with Gasteiger partial charge in [-0.15, -0.1) is 0 Å². The highest BCUT2D eigenvalue weighted by molar-refractivity contribution is 9.10. The number of sulfone groups is 1. The number of nitrogens with zero attached hydrogens (tertiary/aromatic N) is 4. The molecule has 0 atom stereocenters. The van der Waals surface area contributed by atoms with Gasteiger partial charge in [-0.25, -0.2) is 8.42 Å². The Labute approximate surface area is 180 Å². The second-order valence-electron chi connectivity index (χ2n) is 7.60. The van der Waals surface area contributed by atoms with E-state index in [4.69, 9.17) is 0 Å². The van der Waals surface area contributed by atoms with Crippen LogP contribution in [0.4, 0.5) is 0 Å². The molecule has 0 radical (unpaired) electrons. The summed E-state index contributed by atoms with van der Waals surface area (Å²) >= 11 is 3.54. The van der Waals surface area contributed by atoms with Crippen molar-refractivity contribution in [3.8, 4) is 0 Å². The quantitative estimate of drug-likeness (QED) is 0.630. The zero-order valence-corrected chi connectivity index (χ0v) is 19.5. The summed E-state index contributed by atoms with van der Waals surface area (Å²) in [6.45, 7) is 7.81. The van der Waals surface area contributed by atoms with Crippen molar-refractivity contribution in [3.63, 3.8) is 0 Å². The molecule has 158 valence electrons. The second-order valence-corrected chi connectivity index (χ2v) is 10.7. The van der Waals surface area contributed by atoms with Gasteiger partial charge in [0.15, 0.2) is 0 Å². The Kier molecular flexibility index (Phi) is 6.80. The van der Waals surface area contributed by atoms with Gasteiger partial charge in [0.05, 0.1) is 28.2 Å². The summed E-state index contributed by atoms with van der Waals surface area (Å²) < 4.78 is 25.6. The van der Waals surface area contributed by atoms with E-state index in [1.807, 2.05) is 47.7 Å². The Morgan fingerprint density at radius 1 is 1.10 bits per heavy atom.